The summed E-state index contributed by atoms with van der Waals surface area (Å²) in [5.41, 5.74) is 0.653. The first-order chi connectivity index (χ1) is 3.93. The predicted octanol–water partition coefficient (Wildman–Crippen LogP) is 1.80. The Labute approximate surface area is 71.7 Å². The first kappa shape index (κ1) is 12.0. The topological polar surface area (TPSA) is 36.7 Å². The number of nitrogens with zero attached hydrogens (tertiary/aromatic N) is 2. The van der Waals surface area contributed by atoms with E-state index in [0.717, 1.165) is 0 Å². The molecule has 0 unspecified atom stereocenters. The quantitative estimate of drug-likeness (QED) is 0.605. The molecule has 0 saturated carbocycles. The zero-order valence-corrected chi connectivity index (χ0v) is 6.65. The van der Waals surface area contributed by atoms with Crippen molar-refractivity contribution < 1.29 is 0 Å². The number of hydrogen-bond donors (Lipinski definition) is 0. The second-order valence-electron chi connectivity index (χ2n) is 1.35. The minimum Gasteiger partial charge on any atom is -0.265 e. The molecule has 0 atom stereocenters. The fraction of sp³-hybridized carbons (Fsp3) is 0. The van der Waals surface area contributed by atoms with Crippen LogP contribution in [0.5, 0.6) is 0 Å². The van der Waals surface area contributed by atoms with Gasteiger partial charge >= 0.3 is 0 Å². The molecule has 0 fully saturated rings. The van der Waals surface area contributed by atoms with Crippen LogP contribution in [0.4, 0.5) is 0 Å². The smallest absolute Gasteiger partial charge is 0.0992 e. The summed E-state index contributed by atoms with van der Waals surface area (Å²) in [4.78, 5) is 3.74. The van der Waals surface area contributed by atoms with Crippen LogP contribution in [0.3, 0.4) is 0 Å². The summed E-state index contributed by atoms with van der Waals surface area (Å²) < 4.78 is 0. The Morgan fingerprint density at radius 1 is 1.20 bits per heavy atom. The van der Waals surface area contributed by atoms with Gasteiger partial charge in [-0.05, 0) is 12.1 Å². The standard InChI is InChI=1S/C6H4N2.2ClH/c7-5-6-1-3-8-4-2-6;;/h1-4H;2*1H. The van der Waals surface area contributed by atoms with Gasteiger partial charge in [-0.2, -0.15) is 5.26 Å². The predicted molar refractivity (Wildman–Crippen MR) is 43.4 cm³/mol. The van der Waals surface area contributed by atoms with Crippen molar-refractivity contribution in [2.45, 2.75) is 0 Å². The van der Waals surface area contributed by atoms with Crippen LogP contribution in [0.2, 0.25) is 0 Å². The second kappa shape index (κ2) is 6.34. The van der Waals surface area contributed by atoms with Crippen molar-refractivity contribution in [3.8, 4) is 6.07 Å². The Morgan fingerprint density at radius 2 is 1.70 bits per heavy atom. The van der Waals surface area contributed by atoms with Crippen molar-refractivity contribution in [1.29, 1.82) is 5.26 Å². The Kier molecular flexibility index (Phi) is 7.58. The molecule has 0 aromatic carbocycles. The lowest BCUT2D eigenvalue weighted by Gasteiger charge is -1.79. The lowest BCUT2D eigenvalue weighted by molar-refractivity contribution is 1.31. The van der Waals surface area contributed by atoms with Gasteiger partial charge in [-0.25, -0.2) is 0 Å². The lowest BCUT2D eigenvalue weighted by Crippen LogP contribution is -1.71. The van der Waals surface area contributed by atoms with Gasteiger partial charge in [-0.3, -0.25) is 4.98 Å². The van der Waals surface area contributed by atoms with Gasteiger partial charge in [-0.1, -0.05) is 0 Å². The van der Waals surface area contributed by atoms with E-state index in [2.05, 4.69) is 4.98 Å². The van der Waals surface area contributed by atoms with E-state index in [1.165, 1.54) is 0 Å². The molecule has 0 radical (unpaired) electrons. The van der Waals surface area contributed by atoms with Crippen LogP contribution in [0.25, 0.3) is 0 Å². The van der Waals surface area contributed by atoms with Crippen LogP contribution in [-0.4, -0.2) is 4.98 Å². The van der Waals surface area contributed by atoms with Gasteiger partial charge < -0.3 is 0 Å². The van der Waals surface area contributed by atoms with Crippen LogP contribution in [0.1, 0.15) is 5.56 Å². The molecule has 0 aliphatic carbocycles. The third-order valence-corrected chi connectivity index (χ3v) is 0.809. The highest BCUT2D eigenvalue weighted by molar-refractivity contribution is 5.85. The Balaban J connectivity index is 0. The molecule has 4 heteroatoms. The number of hydrogen-bond acceptors (Lipinski definition) is 2. The molecular weight excluding hydrogens is 171 g/mol. The summed E-state index contributed by atoms with van der Waals surface area (Å²) in [5.74, 6) is 0. The number of rotatable bonds is 0. The molecular formula is C6H6Cl2N2. The summed E-state index contributed by atoms with van der Waals surface area (Å²) >= 11 is 0. The summed E-state index contributed by atoms with van der Waals surface area (Å²) in [6.45, 7) is 0. The maximum atomic E-state index is 8.26. The highest BCUT2D eigenvalue weighted by atomic mass is 35.5. The Morgan fingerprint density at radius 3 is 2.00 bits per heavy atom. The zero-order valence-electron chi connectivity index (χ0n) is 5.02. The SMILES string of the molecule is Cl.Cl.N#Cc1ccncc1. The Hall–Kier alpha value is -0.780. The second-order valence-corrected chi connectivity index (χ2v) is 1.35. The van der Waals surface area contributed by atoms with Crippen molar-refractivity contribution in [1.82, 2.24) is 4.98 Å². The van der Waals surface area contributed by atoms with E-state index in [4.69, 9.17) is 5.26 Å². The molecule has 1 heterocycles. The molecule has 54 valence electrons. The maximum absolute atomic E-state index is 8.26. The van der Waals surface area contributed by atoms with Crippen molar-refractivity contribution in [3.63, 3.8) is 0 Å². The highest BCUT2D eigenvalue weighted by Crippen LogP contribution is 1.89. The molecule has 0 bridgehead atoms. The molecule has 1 aromatic heterocycles. The maximum Gasteiger partial charge on any atom is 0.0992 e. The highest BCUT2D eigenvalue weighted by Gasteiger charge is 1.80. The molecule has 2 nitrogen and oxygen atoms in total. The average Bonchev–Trinajstić information content (AvgIpc) is 1.90. The van der Waals surface area contributed by atoms with Gasteiger partial charge in [0, 0.05) is 12.4 Å². The first-order valence-electron chi connectivity index (χ1n) is 2.23. The molecule has 0 spiro atoms. The molecule has 0 aliphatic heterocycles. The van der Waals surface area contributed by atoms with Crippen molar-refractivity contribution in [3.05, 3.63) is 30.1 Å². The monoisotopic (exact) mass is 176 g/mol. The molecule has 10 heavy (non-hydrogen) atoms. The minimum atomic E-state index is 0. The number of halogens is 2. The van der Waals surface area contributed by atoms with Gasteiger partial charge in [0.2, 0.25) is 0 Å². The molecule has 0 N–H and O–H groups in total. The van der Waals surface area contributed by atoms with E-state index >= 15 is 0 Å². The van der Waals surface area contributed by atoms with E-state index in [9.17, 15) is 0 Å². The lowest BCUT2D eigenvalue weighted by atomic mass is 10.3. The minimum absolute atomic E-state index is 0. The number of aromatic nitrogens is 1. The molecule has 1 rings (SSSR count). The largest absolute Gasteiger partial charge is 0.265 e. The molecule has 0 saturated heterocycles. The van der Waals surface area contributed by atoms with E-state index < -0.39 is 0 Å². The zero-order chi connectivity index (χ0) is 5.82. The van der Waals surface area contributed by atoms with Gasteiger partial charge in [0.1, 0.15) is 0 Å². The van der Waals surface area contributed by atoms with Crippen LogP contribution in [0.15, 0.2) is 24.5 Å². The van der Waals surface area contributed by atoms with Gasteiger partial charge in [0.15, 0.2) is 0 Å². The normalized spacial score (nSPS) is 6.30. The van der Waals surface area contributed by atoms with Gasteiger partial charge in [0.05, 0.1) is 11.6 Å². The van der Waals surface area contributed by atoms with Gasteiger partial charge in [0.25, 0.3) is 0 Å². The summed E-state index contributed by atoms with van der Waals surface area (Å²) in [6.07, 6.45) is 3.19. The molecule has 1 aromatic rings. The van der Waals surface area contributed by atoms with E-state index in [0.29, 0.717) is 5.56 Å². The van der Waals surface area contributed by atoms with Crippen molar-refractivity contribution >= 4 is 24.8 Å². The van der Waals surface area contributed by atoms with Crippen molar-refractivity contribution in [2.75, 3.05) is 0 Å². The first-order valence-corrected chi connectivity index (χ1v) is 2.23. The molecule has 0 aliphatic rings. The van der Waals surface area contributed by atoms with E-state index in [1.807, 2.05) is 6.07 Å². The summed E-state index contributed by atoms with van der Waals surface area (Å²) in [5, 5.41) is 8.26. The summed E-state index contributed by atoms with van der Waals surface area (Å²) in [7, 11) is 0. The fourth-order valence-electron chi connectivity index (χ4n) is 0.426. The molecule has 0 amide bonds. The van der Waals surface area contributed by atoms with E-state index in [-0.39, 0.29) is 24.8 Å². The van der Waals surface area contributed by atoms with Crippen molar-refractivity contribution in [2.24, 2.45) is 0 Å². The Bertz CT molecular complexity index is 205. The number of nitriles is 1. The van der Waals surface area contributed by atoms with Crippen LogP contribution >= 0.6 is 24.8 Å². The van der Waals surface area contributed by atoms with Crippen LogP contribution in [-0.2, 0) is 0 Å². The van der Waals surface area contributed by atoms with Gasteiger partial charge in [-0.15, -0.1) is 24.8 Å². The van der Waals surface area contributed by atoms with Crippen LogP contribution in [0, 0.1) is 11.3 Å². The average molecular weight is 177 g/mol. The van der Waals surface area contributed by atoms with Crippen LogP contribution < -0.4 is 0 Å². The third-order valence-electron chi connectivity index (χ3n) is 0.809. The van der Waals surface area contributed by atoms with E-state index in [1.54, 1.807) is 24.5 Å². The third kappa shape index (κ3) is 3.29. The summed E-state index contributed by atoms with van der Waals surface area (Å²) in [6, 6.07) is 5.32. The fourth-order valence-corrected chi connectivity index (χ4v) is 0.426. The number of pyridine rings is 1.